The summed E-state index contributed by atoms with van der Waals surface area (Å²) in [5.41, 5.74) is 1.80. The van der Waals surface area contributed by atoms with Crippen LogP contribution >= 0.6 is 0 Å². The summed E-state index contributed by atoms with van der Waals surface area (Å²) in [7, 11) is 1.50. The molecule has 2 heterocycles. The lowest BCUT2D eigenvalue weighted by Gasteiger charge is -2.32. The van der Waals surface area contributed by atoms with Crippen LogP contribution in [-0.2, 0) is 11.2 Å². The number of piperidine rings is 1. The molecular weight excluding hydrogens is 437 g/mol. The Morgan fingerprint density at radius 2 is 1.88 bits per heavy atom. The van der Waals surface area contributed by atoms with Crippen molar-refractivity contribution in [2.45, 2.75) is 25.4 Å². The van der Waals surface area contributed by atoms with E-state index in [0.717, 1.165) is 31.7 Å². The van der Waals surface area contributed by atoms with Gasteiger partial charge < -0.3 is 19.5 Å². The SMILES string of the molecule is COc1cc(C#Cc2ccc(N3CCC(Oc4ccccc4F)CC3)nn2)ccc1CC(=O)O. The number of benzene rings is 2. The fraction of sp³-hybridized carbons (Fsp3) is 0.269. The van der Waals surface area contributed by atoms with Gasteiger partial charge in [0, 0.05) is 37.1 Å². The Balaban J connectivity index is 1.35. The first kappa shape index (κ1) is 23.1. The normalized spacial score (nSPS) is 13.6. The molecule has 174 valence electrons. The van der Waals surface area contributed by atoms with Gasteiger partial charge in [0.1, 0.15) is 17.5 Å². The maximum atomic E-state index is 13.8. The lowest BCUT2D eigenvalue weighted by atomic mass is 10.1. The van der Waals surface area contributed by atoms with Crippen LogP contribution in [0.4, 0.5) is 10.2 Å². The molecule has 0 amide bonds. The summed E-state index contributed by atoms with van der Waals surface area (Å²) in [5.74, 6) is 6.25. The van der Waals surface area contributed by atoms with E-state index in [9.17, 15) is 9.18 Å². The number of rotatable bonds is 6. The second kappa shape index (κ2) is 10.7. The van der Waals surface area contributed by atoms with Crippen molar-refractivity contribution in [3.05, 3.63) is 77.2 Å². The zero-order valence-corrected chi connectivity index (χ0v) is 18.7. The molecule has 1 saturated heterocycles. The summed E-state index contributed by atoms with van der Waals surface area (Å²) in [5, 5.41) is 17.5. The molecule has 0 aliphatic carbocycles. The number of halogens is 1. The summed E-state index contributed by atoms with van der Waals surface area (Å²) >= 11 is 0. The maximum Gasteiger partial charge on any atom is 0.307 e. The molecule has 1 N–H and O–H groups in total. The first-order valence-electron chi connectivity index (χ1n) is 10.9. The highest BCUT2D eigenvalue weighted by Crippen LogP contribution is 2.24. The summed E-state index contributed by atoms with van der Waals surface area (Å²) in [4.78, 5) is 13.1. The van der Waals surface area contributed by atoms with Gasteiger partial charge in [0.25, 0.3) is 0 Å². The predicted molar refractivity (Wildman–Crippen MR) is 125 cm³/mol. The summed E-state index contributed by atoms with van der Waals surface area (Å²) in [6, 6.07) is 15.3. The Bertz CT molecular complexity index is 1210. The van der Waals surface area contributed by atoms with Crippen molar-refractivity contribution in [2.75, 3.05) is 25.1 Å². The van der Waals surface area contributed by atoms with Crippen LogP contribution < -0.4 is 14.4 Å². The second-order valence-electron chi connectivity index (χ2n) is 7.86. The Hall–Kier alpha value is -4.12. The maximum absolute atomic E-state index is 13.8. The van der Waals surface area contributed by atoms with Crippen LogP contribution in [0.1, 0.15) is 29.7 Å². The number of aliphatic carboxylic acids is 1. The lowest BCUT2D eigenvalue weighted by molar-refractivity contribution is -0.136. The van der Waals surface area contributed by atoms with E-state index in [2.05, 4.69) is 26.9 Å². The number of hydrogen-bond acceptors (Lipinski definition) is 6. The van der Waals surface area contributed by atoms with Gasteiger partial charge in [-0.25, -0.2) is 4.39 Å². The van der Waals surface area contributed by atoms with E-state index in [4.69, 9.17) is 14.6 Å². The van der Waals surface area contributed by atoms with E-state index in [0.29, 0.717) is 22.6 Å². The molecule has 0 spiro atoms. The molecule has 3 aromatic rings. The third-order valence-electron chi connectivity index (χ3n) is 5.51. The highest BCUT2D eigenvalue weighted by Gasteiger charge is 2.22. The van der Waals surface area contributed by atoms with Crippen LogP contribution in [0.15, 0.2) is 54.6 Å². The van der Waals surface area contributed by atoms with Crippen molar-refractivity contribution in [2.24, 2.45) is 0 Å². The average Bonchev–Trinajstić information content (AvgIpc) is 2.85. The van der Waals surface area contributed by atoms with Crippen LogP contribution in [-0.4, -0.2) is 47.6 Å². The van der Waals surface area contributed by atoms with Crippen molar-refractivity contribution in [3.63, 3.8) is 0 Å². The number of methoxy groups -OCH3 is 1. The molecule has 1 fully saturated rings. The number of hydrogen-bond donors (Lipinski definition) is 1. The van der Waals surface area contributed by atoms with Crippen molar-refractivity contribution in [1.29, 1.82) is 0 Å². The largest absolute Gasteiger partial charge is 0.496 e. The molecule has 1 aromatic heterocycles. The number of ether oxygens (including phenoxy) is 2. The smallest absolute Gasteiger partial charge is 0.307 e. The van der Waals surface area contributed by atoms with E-state index < -0.39 is 5.97 Å². The fourth-order valence-electron chi connectivity index (χ4n) is 3.75. The zero-order chi connectivity index (χ0) is 23.9. The third-order valence-corrected chi connectivity index (χ3v) is 5.51. The van der Waals surface area contributed by atoms with E-state index >= 15 is 0 Å². The number of carboxylic acids is 1. The van der Waals surface area contributed by atoms with Gasteiger partial charge in [-0.1, -0.05) is 24.1 Å². The molecule has 1 aliphatic heterocycles. The van der Waals surface area contributed by atoms with E-state index in [-0.39, 0.29) is 24.1 Å². The molecule has 1 aliphatic rings. The molecule has 0 unspecified atom stereocenters. The van der Waals surface area contributed by atoms with Gasteiger partial charge in [-0.3, -0.25) is 4.79 Å². The zero-order valence-electron chi connectivity index (χ0n) is 18.7. The molecular formula is C26H24FN3O4. The monoisotopic (exact) mass is 461 g/mol. The van der Waals surface area contributed by atoms with Gasteiger partial charge in [-0.05, 0) is 42.3 Å². The molecule has 0 saturated carbocycles. The highest BCUT2D eigenvalue weighted by atomic mass is 19.1. The van der Waals surface area contributed by atoms with Gasteiger partial charge in [-0.15, -0.1) is 10.2 Å². The number of carboxylic acid groups (broad SMARTS) is 1. The fourth-order valence-corrected chi connectivity index (χ4v) is 3.75. The second-order valence-corrected chi connectivity index (χ2v) is 7.86. The predicted octanol–water partition coefficient (Wildman–Crippen LogP) is 3.70. The van der Waals surface area contributed by atoms with E-state index in [1.165, 1.54) is 13.2 Å². The van der Waals surface area contributed by atoms with Gasteiger partial charge in [0.15, 0.2) is 17.4 Å². The quantitative estimate of drug-likeness (QED) is 0.561. The lowest BCUT2D eigenvalue weighted by Crippen LogP contribution is -2.38. The molecule has 0 bridgehead atoms. The van der Waals surface area contributed by atoms with Gasteiger partial charge in [0.05, 0.1) is 13.5 Å². The molecule has 0 radical (unpaired) electrons. The van der Waals surface area contributed by atoms with Crippen molar-refractivity contribution in [1.82, 2.24) is 10.2 Å². The standard InChI is InChI=1S/C26H24FN3O4/c1-33-24-16-18(6-8-19(24)17-26(31)32)7-9-20-10-11-25(29-28-20)30-14-12-21(13-15-30)34-23-5-3-2-4-22(23)27/h2-6,8,10-11,16,21H,12-15,17H2,1H3,(H,31,32). The summed E-state index contributed by atoms with van der Waals surface area (Å²) in [6.07, 6.45) is 1.37. The van der Waals surface area contributed by atoms with Crippen molar-refractivity contribution in [3.8, 4) is 23.3 Å². The topological polar surface area (TPSA) is 84.8 Å². The number of carbonyl (C=O) groups is 1. The van der Waals surface area contributed by atoms with Crippen LogP contribution in [0.25, 0.3) is 0 Å². The van der Waals surface area contributed by atoms with Gasteiger partial charge >= 0.3 is 5.97 Å². The highest BCUT2D eigenvalue weighted by molar-refractivity contribution is 5.71. The molecule has 8 heteroatoms. The molecule has 34 heavy (non-hydrogen) atoms. The Labute approximate surface area is 197 Å². The molecule has 7 nitrogen and oxygen atoms in total. The van der Waals surface area contributed by atoms with Crippen LogP contribution in [0.5, 0.6) is 11.5 Å². The van der Waals surface area contributed by atoms with Gasteiger partial charge in [-0.2, -0.15) is 0 Å². The first-order chi connectivity index (χ1) is 16.5. The van der Waals surface area contributed by atoms with Crippen molar-refractivity contribution < 1.29 is 23.8 Å². The third kappa shape index (κ3) is 5.81. The Kier molecular flexibility index (Phi) is 7.23. The van der Waals surface area contributed by atoms with E-state index in [1.54, 1.807) is 36.4 Å². The minimum absolute atomic E-state index is 0.0369. The number of nitrogens with zero attached hydrogens (tertiary/aromatic N) is 3. The van der Waals surface area contributed by atoms with Gasteiger partial charge in [0.2, 0.25) is 0 Å². The number of para-hydroxylation sites is 1. The minimum atomic E-state index is -0.922. The van der Waals surface area contributed by atoms with Crippen molar-refractivity contribution >= 4 is 11.8 Å². The van der Waals surface area contributed by atoms with Crippen LogP contribution in [0.2, 0.25) is 0 Å². The average molecular weight is 461 g/mol. The number of anilines is 1. The number of aromatic nitrogens is 2. The van der Waals surface area contributed by atoms with Crippen LogP contribution in [0, 0.1) is 17.7 Å². The summed E-state index contributed by atoms with van der Waals surface area (Å²) < 4.78 is 24.9. The van der Waals surface area contributed by atoms with E-state index in [1.807, 2.05) is 12.1 Å². The Morgan fingerprint density at radius 3 is 2.56 bits per heavy atom. The first-order valence-corrected chi connectivity index (χ1v) is 10.9. The molecule has 4 rings (SSSR count). The molecule has 0 atom stereocenters. The minimum Gasteiger partial charge on any atom is -0.496 e. The van der Waals surface area contributed by atoms with Crippen LogP contribution in [0.3, 0.4) is 0 Å². The summed E-state index contributed by atoms with van der Waals surface area (Å²) in [6.45, 7) is 1.47. The molecule has 2 aromatic carbocycles. The Morgan fingerprint density at radius 1 is 1.09 bits per heavy atom.